The van der Waals surface area contributed by atoms with Gasteiger partial charge in [-0.3, -0.25) is 0 Å². The fraction of sp³-hybridized carbons (Fsp3) is 0.375. The summed E-state index contributed by atoms with van der Waals surface area (Å²) in [4.78, 5) is 2.22. The summed E-state index contributed by atoms with van der Waals surface area (Å²) in [6.45, 7) is 7.15. The average molecular weight is 290 g/mol. The zero-order valence-electron chi connectivity index (χ0n) is 12.2. The van der Waals surface area contributed by atoms with E-state index < -0.39 is 0 Å². The zero-order chi connectivity index (χ0) is 14.5. The zero-order valence-corrected chi connectivity index (χ0v) is 13.0. The number of halogens is 1. The summed E-state index contributed by atoms with van der Waals surface area (Å²) in [6, 6.07) is 10.3. The third-order valence-electron chi connectivity index (χ3n) is 3.50. The van der Waals surface area contributed by atoms with Crippen LogP contribution in [0.25, 0.3) is 0 Å². The first-order valence-electron chi connectivity index (χ1n) is 6.97. The molecule has 0 saturated carbocycles. The van der Waals surface area contributed by atoms with Crippen molar-refractivity contribution < 1.29 is 0 Å². The molecule has 0 unspecified atom stereocenters. The number of benzene rings is 1. The third-order valence-corrected chi connectivity index (χ3v) is 3.86. The van der Waals surface area contributed by atoms with Crippen LogP contribution in [-0.2, 0) is 0 Å². The van der Waals surface area contributed by atoms with Crippen molar-refractivity contribution in [2.75, 3.05) is 11.4 Å². The van der Waals surface area contributed by atoms with Gasteiger partial charge in [-0.15, -0.1) is 10.2 Å². The predicted molar refractivity (Wildman–Crippen MR) is 84.9 cm³/mol. The van der Waals surface area contributed by atoms with Gasteiger partial charge in [0.25, 0.3) is 0 Å². The van der Waals surface area contributed by atoms with Crippen LogP contribution in [0.15, 0.2) is 30.3 Å². The molecule has 0 atom stereocenters. The largest absolute Gasteiger partial charge is 0.325 e. The van der Waals surface area contributed by atoms with Gasteiger partial charge in [0.2, 0.25) is 0 Å². The molecule has 20 heavy (non-hydrogen) atoms. The maximum atomic E-state index is 6.05. The molecule has 0 radical (unpaired) electrons. The van der Waals surface area contributed by atoms with Gasteiger partial charge in [-0.05, 0) is 43.5 Å². The molecule has 0 bridgehead atoms. The van der Waals surface area contributed by atoms with Crippen molar-refractivity contribution in [1.82, 2.24) is 10.2 Å². The minimum Gasteiger partial charge on any atom is -0.325 e. The third kappa shape index (κ3) is 3.10. The van der Waals surface area contributed by atoms with E-state index in [2.05, 4.69) is 34.2 Å². The number of anilines is 2. The van der Waals surface area contributed by atoms with Crippen LogP contribution in [0.4, 0.5) is 11.5 Å². The number of hydrogen-bond acceptors (Lipinski definition) is 3. The van der Waals surface area contributed by atoms with Crippen molar-refractivity contribution in [2.45, 2.75) is 33.6 Å². The lowest BCUT2D eigenvalue weighted by atomic mass is 10.1. The Kier molecular flexibility index (Phi) is 4.96. The van der Waals surface area contributed by atoms with Gasteiger partial charge in [-0.25, -0.2) is 0 Å². The Labute approximate surface area is 125 Å². The van der Waals surface area contributed by atoms with Gasteiger partial charge in [0.1, 0.15) is 0 Å². The van der Waals surface area contributed by atoms with E-state index in [-0.39, 0.29) is 0 Å². The van der Waals surface area contributed by atoms with Gasteiger partial charge in [0.15, 0.2) is 11.0 Å². The molecule has 1 aromatic carbocycles. The highest BCUT2D eigenvalue weighted by atomic mass is 35.5. The number of para-hydroxylation sites is 1. The summed E-state index contributed by atoms with van der Waals surface area (Å²) in [5.41, 5.74) is 3.22. The van der Waals surface area contributed by atoms with Gasteiger partial charge < -0.3 is 4.90 Å². The Bertz CT molecular complexity index is 569. The van der Waals surface area contributed by atoms with Crippen molar-refractivity contribution in [3.8, 4) is 0 Å². The van der Waals surface area contributed by atoms with Crippen LogP contribution < -0.4 is 4.90 Å². The second-order valence-electron chi connectivity index (χ2n) is 4.91. The number of nitrogens with zero attached hydrogens (tertiary/aromatic N) is 3. The van der Waals surface area contributed by atoms with Crippen molar-refractivity contribution in [2.24, 2.45) is 0 Å². The maximum Gasteiger partial charge on any atom is 0.158 e. The minimum atomic E-state index is 0.481. The van der Waals surface area contributed by atoms with Crippen molar-refractivity contribution in [1.29, 1.82) is 0 Å². The van der Waals surface area contributed by atoms with E-state index in [4.69, 9.17) is 11.6 Å². The Morgan fingerprint density at radius 2 is 1.75 bits per heavy atom. The van der Waals surface area contributed by atoms with Crippen LogP contribution in [0.2, 0.25) is 5.15 Å². The predicted octanol–water partition coefficient (Wildman–Crippen LogP) is 4.69. The van der Waals surface area contributed by atoms with E-state index in [1.165, 1.54) is 0 Å². The molecule has 1 heterocycles. The molecule has 3 nitrogen and oxygen atoms in total. The molecule has 0 aliphatic rings. The second kappa shape index (κ2) is 6.71. The van der Waals surface area contributed by atoms with E-state index in [9.17, 15) is 0 Å². The van der Waals surface area contributed by atoms with Crippen LogP contribution in [-0.4, -0.2) is 16.7 Å². The van der Waals surface area contributed by atoms with Gasteiger partial charge in [0, 0.05) is 12.2 Å². The van der Waals surface area contributed by atoms with E-state index in [1.807, 2.05) is 32.0 Å². The standard InChI is InChI=1S/C16H20ClN3/c1-4-5-11-20(14-9-7-6-8-10-14)16-13(3)12(2)15(17)18-19-16/h6-10H,4-5,11H2,1-3H3. The lowest BCUT2D eigenvalue weighted by Gasteiger charge is -2.25. The molecular weight excluding hydrogens is 270 g/mol. The number of aromatic nitrogens is 2. The Morgan fingerprint density at radius 1 is 1.05 bits per heavy atom. The molecule has 0 amide bonds. The fourth-order valence-corrected chi connectivity index (χ4v) is 2.28. The monoisotopic (exact) mass is 289 g/mol. The quantitative estimate of drug-likeness (QED) is 0.800. The molecule has 2 aromatic rings. The van der Waals surface area contributed by atoms with E-state index >= 15 is 0 Å². The average Bonchev–Trinajstić information content (AvgIpc) is 2.48. The van der Waals surface area contributed by atoms with Crippen LogP contribution in [0.5, 0.6) is 0 Å². The lowest BCUT2D eigenvalue weighted by Crippen LogP contribution is -2.21. The molecular formula is C16H20ClN3. The van der Waals surface area contributed by atoms with Crippen molar-refractivity contribution in [3.63, 3.8) is 0 Å². The molecule has 0 saturated heterocycles. The van der Waals surface area contributed by atoms with E-state index in [1.54, 1.807) is 0 Å². The molecule has 0 N–H and O–H groups in total. The smallest absolute Gasteiger partial charge is 0.158 e. The molecule has 4 heteroatoms. The van der Waals surface area contributed by atoms with Crippen LogP contribution in [0.3, 0.4) is 0 Å². The first kappa shape index (κ1) is 14.8. The fourth-order valence-electron chi connectivity index (χ4n) is 2.10. The summed E-state index contributed by atoms with van der Waals surface area (Å²) in [7, 11) is 0. The maximum absolute atomic E-state index is 6.05. The molecule has 106 valence electrons. The summed E-state index contributed by atoms with van der Waals surface area (Å²) in [6.07, 6.45) is 2.25. The van der Waals surface area contributed by atoms with Crippen LogP contribution in [0, 0.1) is 13.8 Å². The highest BCUT2D eigenvalue weighted by Gasteiger charge is 2.16. The molecule has 1 aromatic heterocycles. The lowest BCUT2D eigenvalue weighted by molar-refractivity contribution is 0.770. The summed E-state index contributed by atoms with van der Waals surface area (Å²) < 4.78 is 0. The van der Waals surface area contributed by atoms with Gasteiger partial charge >= 0.3 is 0 Å². The first-order valence-corrected chi connectivity index (χ1v) is 7.35. The summed E-state index contributed by atoms with van der Waals surface area (Å²) in [5, 5.41) is 8.86. The van der Waals surface area contributed by atoms with Crippen LogP contribution in [0.1, 0.15) is 30.9 Å². The molecule has 0 aliphatic carbocycles. The van der Waals surface area contributed by atoms with Crippen molar-refractivity contribution in [3.05, 3.63) is 46.6 Å². The molecule has 2 rings (SSSR count). The molecule has 0 fully saturated rings. The Balaban J connectivity index is 2.44. The second-order valence-corrected chi connectivity index (χ2v) is 5.26. The van der Waals surface area contributed by atoms with Gasteiger partial charge in [-0.2, -0.15) is 0 Å². The summed E-state index contributed by atoms with van der Waals surface area (Å²) in [5.74, 6) is 0.895. The number of unbranched alkanes of at least 4 members (excludes halogenated alkanes) is 1. The topological polar surface area (TPSA) is 29.0 Å². The number of hydrogen-bond donors (Lipinski definition) is 0. The van der Waals surface area contributed by atoms with Crippen molar-refractivity contribution >= 4 is 23.1 Å². The van der Waals surface area contributed by atoms with E-state index in [0.717, 1.165) is 42.0 Å². The summed E-state index contributed by atoms with van der Waals surface area (Å²) >= 11 is 6.05. The highest BCUT2D eigenvalue weighted by Crippen LogP contribution is 2.29. The first-order chi connectivity index (χ1) is 9.65. The van der Waals surface area contributed by atoms with Crippen LogP contribution >= 0.6 is 11.6 Å². The normalized spacial score (nSPS) is 10.6. The molecule has 0 spiro atoms. The van der Waals surface area contributed by atoms with Gasteiger partial charge in [-0.1, -0.05) is 43.1 Å². The van der Waals surface area contributed by atoms with E-state index in [0.29, 0.717) is 5.15 Å². The number of rotatable bonds is 5. The Morgan fingerprint density at radius 3 is 2.40 bits per heavy atom. The SMILES string of the molecule is CCCCN(c1ccccc1)c1nnc(Cl)c(C)c1C. The molecule has 0 aliphatic heterocycles. The van der Waals surface area contributed by atoms with Gasteiger partial charge in [0.05, 0.1) is 0 Å². The highest BCUT2D eigenvalue weighted by molar-refractivity contribution is 6.30. The minimum absolute atomic E-state index is 0.481. The Hall–Kier alpha value is -1.61.